The molecule has 3 rings (SSSR count). The van der Waals surface area contributed by atoms with Crippen LogP contribution in [-0.2, 0) is 4.79 Å². The molecule has 5 heteroatoms. The maximum Gasteiger partial charge on any atom is 0.262 e. The standard InChI is InChI=1S/C22H21NO4/c1-2-25-20-10-6-7-11-21(20)26-16-22(24)23-17-12-14-19(15-13-17)27-18-8-4-3-5-9-18/h3-15H,2,16H2,1H3,(H,23,24). The summed E-state index contributed by atoms with van der Waals surface area (Å²) in [5, 5.41) is 2.79. The predicted molar refractivity (Wildman–Crippen MR) is 105 cm³/mol. The zero-order chi connectivity index (χ0) is 18.9. The SMILES string of the molecule is CCOc1ccccc1OCC(=O)Nc1ccc(Oc2ccccc2)cc1. The van der Waals surface area contributed by atoms with E-state index in [4.69, 9.17) is 14.2 Å². The van der Waals surface area contributed by atoms with Crippen LogP contribution in [0.1, 0.15) is 6.92 Å². The highest BCUT2D eigenvalue weighted by Crippen LogP contribution is 2.26. The summed E-state index contributed by atoms with van der Waals surface area (Å²) < 4.78 is 16.8. The first-order chi connectivity index (χ1) is 13.2. The van der Waals surface area contributed by atoms with Crippen LogP contribution in [0.15, 0.2) is 78.9 Å². The van der Waals surface area contributed by atoms with Crippen LogP contribution in [0.2, 0.25) is 0 Å². The molecule has 3 aromatic rings. The Morgan fingerprint density at radius 3 is 2.04 bits per heavy atom. The molecule has 1 amide bonds. The van der Waals surface area contributed by atoms with Gasteiger partial charge in [-0.25, -0.2) is 0 Å². The number of ether oxygens (including phenoxy) is 3. The van der Waals surface area contributed by atoms with Crippen molar-refractivity contribution in [3.8, 4) is 23.0 Å². The molecule has 0 fully saturated rings. The van der Waals surface area contributed by atoms with Crippen molar-refractivity contribution in [2.24, 2.45) is 0 Å². The van der Waals surface area contributed by atoms with Crippen molar-refractivity contribution in [3.05, 3.63) is 78.9 Å². The van der Waals surface area contributed by atoms with Gasteiger partial charge >= 0.3 is 0 Å². The number of anilines is 1. The van der Waals surface area contributed by atoms with E-state index >= 15 is 0 Å². The van der Waals surface area contributed by atoms with Gasteiger partial charge in [-0.3, -0.25) is 4.79 Å². The van der Waals surface area contributed by atoms with Gasteiger partial charge in [-0.1, -0.05) is 30.3 Å². The number of amides is 1. The zero-order valence-electron chi connectivity index (χ0n) is 15.1. The fourth-order valence-electron chi connectivity index (χ4n) is 2.42. The van der Waals surface area contributed by atoms with Crippen molar-refractivity contribution in [1.29, 1.82) is 0 Å². The van der Waals surface area contributed by atoms with Crippen molar-refractivity contribution in [2.75, 3.05) is 18.5 Å². The molecule has 0 aromatic heterocycles. The van der Waals surface area contributed by atoms with Gasteiger partial charge < -0.3 is 19.5 Å². The minimum absolute atomic E-state index is 0.105. The number of carbonyl (C=O) groups is 1. The van der Waals surface area contributed by atoms with Gasteiger partial charge in [0.1, 0.15) is 11.5 Å². The summed E-state index contributed by atoms with van der Waals surface area (Å²) in [5.74, 6) is 2.37. The maximum atomic E-state index is 12.1. The van der Waals surface area contributed by atoms with E-state index in [1.807, 2.05) is 55.5 Å². The number of hydrogen-bond donors (Lipinski definition) is 1. The Hall–Kier alpha value is -3.47. The smallest absolute Gasteiger partial charge is 0.262 e. The van der Waals surface area contributed by atoms with E-state index in [2.05, 4.69) is 5.32 Å². The largest absolute Gasteiger partial charge is 0.490 e. The third-order valence-corrected chi connectivity index (χ3v) is 3.62. The highest BCUT2D eigenvalue weighted by Gasteiger charge is 2.08. The van der Waals surface area contributed by atoms with Crippen LogP contribution in [0.4, 0.5) is 5.69 Å². The average molecular weight is 363 g/mol. The summed E-state index contributed by atoms with van der Waals surface area (Å²) in [6.07, 6.45) is 0. The number of hydrogen-bond acceptors (Lipinski definition) is 4. The van der Waals surface area contributed by atoms with Gasteiger partial charge in [0.25, 0.3) is 5.91 Å². The van der Waals surface area contributed by atoms with Gasteiger partial charge in [0.2, 0.25) is 0 Å². The molecule has 0 saturated heterocycles. The minimum Gasteiger partial charge on any atom is -0.490 e. The Labute approximate surface area is 158 Å². The highest BCUT2D eigenvalue weighted by atomic mass is 16.5. The number of para-hydroxylation sites is 3. The fraction of sp³-hybridized carbons (Fsp3) is 0.136. The van der Waals surface area contributed by atoms with Gasteiger partial charge in [0.05, 0.1) is 6.61 Å². The molecule has 5 nitrogen and oxygen atoms in total. The molecule has 0 aliphatic heterocycles. The Kier molecular flexibility index (Phi) is 6.30. The van der Waals surface area contributed by atoms with Crippen LogP contribution in [0, 0.1) is 0 Å². The van der Waals surface area contributed by atoms with Crippen LogP contribution in [-0.4, -0.2) is 19.1 Å². The second-order valence-electron chi connectivity index (χ2n) is 5.66. The Balaban J connectivity index is 1.52. The highest BCUT2D eigenvalue weighted by molar-refractivity contribution is 5.91. The Bertz CT molecular complexity index is 863. The number of rotatable bonds is 8. The van der Waals surface area contributed by atoms with Crippen LogP contribution in [0.25, 0.3) is 0 Å². The van der Waals surface area contributed by atoms with Gasteiger partial charge in [-0.15, -0.1) is 0 Å². The fourth-order valence-corrected chi connectivity index (χ4v) is 2.42. The average Bonchev–Trinajstić information content (AvgIpc) is 2.70. The quantitative estimate of drug-likeness (QED) is 0.619. The summed E-state index contributed by atoms with van der Waals surface area (Å²) in [5.41, 5.74) is 0.669. The van der Waals surface area contributed by atoms with Crippen LogP contribution in [0.5, 0.6) is 23.0 Å². The van der Waals surface area contributed by atoms with Crippen LogP contribution in [0.3, 0.4) is 0 Å². The molecule has 0 heterocycles. The molecule has 0 spiro atoms. The molecule has 0 aliphatic rings. The number of nitrogens with one attached hydrogen (secondary N) is 1. The Morgan fingerprint density at radius 1 is 0.778 bits per heavy atom. The monoisotopic (exact) mass is 363 g/mol. The summed E-state index contributed by atoms with van der Waals surface area (Å²) >= 11 is 0. The zero-order valence-corrected chi connectivity index (χ0v) is 15.1. The lowest BCUT2D eigenvalue weighted by Gasteiger charge is -2.12. The first-order valence-electron chi connectivity index (χ1n) is 8.72. The minimum atomic E-state index is -0.252. The first kappa shape index (κ1) is 18.3. The van der Waals surface area contributed by atoms with Crippen LogP contribution >= 0.6 is 0 Å². The Morgan fingerprint density at radius 2 is 1.37 bits per heavy atom. The van der Waals surface area contributed by atoms with Crippen molar-refractivity contribution < 1.29 is 19.0 Å². The lowest BCUT2D eigenvalue weighted by atomic mass is 10.3. The molecule has 0 unspecified atom stereocenters. The summed E-state index contributed by atoms with van der Waals surface area (Å²) in [6.45, 7) is 2.32. The number of carbonyl (C=O) groups excluding carboxylic acids is 1. The van der Waals surface area contributed by atoms with Gasteiger partial charge in [-0.05, 0) is 55.5 Å². The summed E-state index contributed by atoms with van der Waals surface area (Å²) in [6, 6.07) is 24.0. The van der Waals surface area contributed by atoms with Gasteiger partial charge in [-0.2, -0.15) is 0 Å². The van der Waals surface area contributed by atoms with Crippen molar-refractivity contribution >= 4 is 11.6 Å². The van der Waals surface area contributed by atoms with Crippen molar-refractivity contribution in [2.45, 2.75) is 6.92 Å². The lowest BCUT2D eigenvalue weighted by molar-refractivity contribution is -0.118. The molecule has 0 atom stereocenters. The van der Waals surface area contributed by atoms with Gasteiger partial charge in [0.15, 0.2) is 18.1 Å². The van der Waals surface area contributed by atoms with E-state index in [0.29, 0.717) is 29.5 Å². The van der Waals surface area contributed by atoms with E-state index in [1.165, 1.54) is 0 Å². The molecular weight excluding hydrogens is 342 g/mol. The molecule has 27 heavy (non-hydrogen) atoms. The lowest BCUT2D eigenvalue weighted by Crippen LogP contribution is -2.20. The first-order valence-corrected chi connectivity index (χ1v) is 8.72. The molecule has 0 aliphatic carbocycles. The van der Waals surface area contributed by atoms with E-state index in [-0.39, 0.29) is 12.5 Å². The van der Waals surface area contributed by atoms with E-state index in [1.54, 1.807) is 30.3 Å². The van der Waals surface area contributed by atoms with E-state index < -0.39 is 0 Å². The maximum absolute atomic E-state index is 12.1. The second-order valence-corrected chi connectivity index (χ2v) is 5.66. The molecule has 0 radical (unpaired) electrons. The summed E-state index contributed by atoms with van der Waals surface area (Å²) in [4.78, 5) is 12.1. The van der Waals surface area contributed by atoms with E-state index in [0.717, 1.165) is 5.75 Å². The third kappa shape index (κ3) is 5.51. The number of benzene rings is 3. The van der Waals surface area contributed by atoms with Gasteiger partial charge in [0, 0.05) is 5.69 Å². The molecular formula is C22H21NO4. The third-order valence-electron chi connectivity index (χ3n) is 3.62. The normalized spacial score (nSPS) is 10.1. The van der Waals surface area contributed by atoms with Crippen molar-refractivity contribution in [3.63, 3.8) is 0 Å². The second kappa shape index (κ2) is 9.29. The summed E-state index contributed by atoms with van der Waals surface area (Å²) in [7, 11) is 0. The molecule has 1 N–H and O–H groups in total. The van der Waals surface area contributed by atoms with E-state index in [9.17, 15) is 4.79 Å². The molecule has 0 bridgehead atoms. The molecule has 0 saturated carbocycles. The molecule has 3 aromatic carbocycles. The van der Waals surface area contributed by atoms with Crippen LogP contribution < -0.4 is 19.5 Å². The molecule has 138 valence electrons. The predicted octanol–water partition coefficient (Wildman–Crippen LogP) is 4.90. The van der Waals surface area contributed by atoms with Crippen molar-refractivity contribution in [1.82, 2.24) is 0 Å². The topological polar surface area (TPSA) is 56.8 Å².